The van der Waals surface area contributed by atoms with E-state index in [1.54, 1.807) is 18.7 Å². The van der Waals surface area contributed by atoms with Crippen molar-refractivity contribution in [2.24, 2.45) is 0 Å². The minimum atomic E-state index is -0.396. The first-order valence-corrected chi connectivity index (χ1v) is 6.51. The third-order valence-corrected chi connectivity index (χ3v) is 4.23. The van der Waals surface area contributed by atoms with E-state index in [2.05, 4.69) is 5.32 Å². The predicted octanol–water partition coefficient (Wildman–Crippen LogP) is 1.80. The largest absolute Gasteiger partial charge is 0.346 e. The topological polar surface area (TPSA) is 46.2 Å². The van der Waals surface area contributed by atoms with Gasteiger partial charge in [-0.2, -0.15) is 0 Å². The van der Waals surface area contributed by atoms with Gasteiger partial charge in [0, 0.05) is 4.90 Å². The number of rotatable bonds is 3. The molecule has 90 valence electrons. The highest BCUT2D eigenvalue weighted by Gasteiger charge is 2.28. The van der Waals surface area contributed by atoms with E-state index in [9.17, 15) is 9.59 Å². The smallest absolute Gasteiger partial charge is 0.234 e. The third-order valence-electron chi connectivity index (χ3n) is 2.91. The molecule has 17 heavy (non-hydrogen) atoms. The van der Waals surface area contributed by atoms with Crippen LogP contribution in [0.25, 0.3) is 0 Å². The summed E-state index contributed by atoms with van der Waals surface area (Å²) >= 11 is 1.57. The Kier molecular flexibility index (Phi) is 3.52. The molecule has 0 saturated carbocycles. The van der Waals surface area contributed by atoms with Crippen molar-refractivity contribution in [2.75, 3.05) is 0 Å². The van der Waals surface area contributed by atoms with Gasteiger partial charge in [0.15, 0.2) is 5.78 Å². The molecule has 1 heterocycles. The highest BCUT2D eigenvalue weighted by molar-refractivity contribution is 8.01. The molecule has 2 unspecified atom stereocenters. The molecule has 1 aliphatic rings. The molecule has 1 aromatic rings. The van der Waals surface area contributed by atoms with Crippen LogP contribution in [0.1, 0.15) is 19.4 Å². The first kappa shape index (κ1) is 12.2. The van der Waals surface area contributed by atoms with Crippen molar-refractivity contribution in [1.82, 2.24) is 5.32 Å². The summed E-state index contributed by atoms with van der Waals surface area (Å²) in [6.45, 7) is 3.20. The van der Waals surface area contributed by atoms with Crippen molar-refractivity contribution in [3.8, 4) is 0 Å². The van der Waals surface area contributed by atoms with Crippen molar-refractivity contribution in [3.63, 3.8) is 0 Å². The fraction of sp³-hybridized carbons (Fsp3) is 0.385. The van der Waals surface area contributed by atoms with Crippen molar-refractivity contribution in [2.45, 2.75) is 36.5 Å². The number of ketones is 1. The number of hydrogen-bond acceptors (Lipinski definition) is 3. The summed E-state index contributed by atoms with van der Waals surface area (Å²) in [4.78, 5) is 24.2. The van der Waals surface area contributed by atoms with Crippen LogP contribution in [0.5, 0.6) is 0 Å². The molecule has 0 spiro atoms. The number of fused-ring (bicyclic) bond motifs is 1. The Morgan fingerprint density at radius 2 is 2.12 bits per heavy atom. The zero-order valence-corrected chi connectivity index (χ0v) is 10.7. The first-order chi connectivity index (χ1) is 8.08. The molecule has 1 N–H and O–H groups in total. The standard InChI is InChI=1S/C13H15NO2S/c1-8(9(2)15)14-13(16)12-7-10-5-3-4-6-11(10)17-12/h3-6,8,12H,7H2,1-2H3,(H,14,16). The van der Waals surface area contributed by atoms with E-state index in [-0.39, 0.29) is 16.9 Å². The summed E-state index contributed by atoms with van der Waals surface area (Å²) in [7, 11) is 0. The highest BCUT2D eigenvalue weighted by atomic mass is 32.2. The molecule has 0 bridgehead atoms. The number of nitrogens with one attached hydrogen (secondary N) is 1. The fourth-order valence-electron chi connectivity index (χ4n) is 1.74. The van der Waals surface area contributed by atoms with Gasteiger partial charge < -0.3 is 5.32 Å². The Balaban J connectivity index is 1.99. The van der Waals surface area contributed by atoms with E-state index in [1.165, 1.54) is 17.4 Å². The molecular weight excluding hydrogens is 234 g/mol. The van der Waals surface area contributed by atoms with Crippen LogP contribution in [-0.2, 0) is 16.0 Å². The lowest BCUT2D eigenvalue weighted by atomic mass is 10.1. The maximum atomic E-state index is 11.9. The van der Waals surface area contributed by atoms with E-state index in [0.717, 1.165) is 6.42 Å². The van der Waals surface area contributed by atoms with E-state index >= 15 is 0 Å². The summed E-state index contributed by atoms with van der Waals surface area (Å²) < 4.78 is 0. The van der Waals surface area contributed by atoms with Gasteiger partial charge >= 0.3 is 0 Å². The summed E-state index contributed by atoms with van der Waals surface area (Å²) in [6, 6.07) is 7.64. The molecule has 0 radical (unpaired) electrons. The van der Waals surface area contributed by atoms with Crippen LogP contribution in [-0.4, -0.2) is 23.0 Å². The highest BCUT2D eigenvalue weighted by Crippen LogP contribution is 2.36. The predicted molar refractivity (Wildman–Crippen MR) is 68.1 cm³/mol. The van der Waals surface area contributed by atoms with Gasteiger partial charge in [0.05, 0.1) is 11.3 Å². The second kappa shape index (κ2) is 4.92. The summed E-state index contributed by atoms with van der Waals surface area (Å²) in [5.41, 5.74) is 1.22. The Morgan fingerprint density at radius 3 is 2.76 bits per heavy atom. The van der Waals surface area contributed by atoms with Crippen molar-refractivity contribution < 1.29 is 9.59 Å². The van der Waals surface area contributed by atoms with Crippen LogP contribution < -0.4 is 5.32 Å². The number of amides is 1. The number of benzene rings is 1. The zero-order valence-electron chi connectivity index (χ0n) is 9.90. The lowest BCUT2D eigenvalue weighted by molar-refractivity contribution is -0.126. The maximum absolute atomic E-state index is 11.9. The molecule has 0 fully saturated rings. The fourth-order valence-corrected chi connectivity index (χ4v) is 2.94. The molecule has 0 aliphatic carbocycles. The number of thioether (sulfide) groups is 1. The molecule has 2 rings (SSSR count). The second-order valence-corrected chi connectivity index (χ2v) is 5.50. The second-order valence-electron chi connectivity index (χ2n) is 4.26. The first-order valence-electron chi connectivity index (χ1n) is 5.63. The molecule has 4 heteroatoms. The quantitative estimate of drug-likeness (QED) is 0.888. The number of carbonyl (C=O) groups is 2. The van der Waals surface area contributed by atoms with Crippen LogP contribution >= 0.6 is 11.8 Å². The lowest BCUT2D eigenvalue weighted by Crippen LogP contribution is -2.42. The lowest BCUT2D eigenvalue weighted by Gasteiger charge is -2.13. The van der Waals surface area contributed by atoms with Gasteiger partial charge in [0.2, 0.25) is 5.91 Å². The molecule has 1 aliphatic heterocycles. The SMILES string of the molecule is CC(=O)C(C)NC(=O)C1Cc2ccccc2S1. The average molecular weight is 249 g/mol. The van der Waals surface area contributed by atoms with Gasteiger partial charge in [-0.05, 0) is 31.9 Å². The molecule has 0 aromatic heterocycles. The Morgan fingerprint density at radius 1 is 1.41 bits per heavy atom. The van der Waals surface area contributed by atoms with Crippen LogP contribution in [0.15, 0.2) is 29.2 Å². The van der Waals surface area contributed by atoms with E-state index in [1.807, 2.05) is 24.3 Å². The Hall–Kier alpha value is -1.29. The molecule has 2 atom stereocenters. The van der Waals surface area contributed by atoms with Gasteiger partial charge in [0.25, 0.3) is 0 Å². The van der Waals surface area contributed by atoms with Gasteiger partial charge in [-0.25, -0.2) is 0 Å². The molecule has 1 aromatic carbocycles. The number of carbonyl (C=O) groups excluding carboxylic acids is 2. The van der Waals surface area contributed by atoms with Crippen LogP contribution in [0, 0.1) is 0 Å². The normalized spacial score (nSPS) is 19.5. The Bertz CT molecular complexity index is 433. The van der Waals surface area contributed by atoms with Crippen LogP contribution in [0.4, 0.5) is 0 Å². The molecule has 3 nitrogen and oxygen atoms in total. The average Bonchev–Trinajstić information content (AvgIpc) is 2.72. The van der Waals surface area contributed by atoms with Gasteiger partial charge in [0.1, 0.15) is 0 Å². The zero-order chi connectivity index (χ0) is 12.4. The summed E-state index contributed by atoms with van der Waals surface area (Å²) in [6.07, 6.45) is 0.747. The van der Waals surface area contributed by atoms with E-state index < -0.39 is 6.04 Å². The van der Waals surface area contributed by atoms with Crippen LogP contribution in [0.3, 0.4) is 0 Å². The minimum Gasteiger partial charge on any atom is -0.346 e. The minimum absolute atomic E-state index is 0.0149. The number of Topliss-reactive ketones (excluding diaryl/α,β-unsaturated/α-hetero) is 1. The van der Waals surface area contributed by atoms with Crippen molar-refractivity contribution >= 4 is 23.5 Å². The molecular formula is C13H15NO2S. The molecule has 0 saturated heterocycles. The summed E-state index contributed by atoms with van der Waals surface area (Å²) in [5.74, 6) is -0.0623. The van der Waals surface area contributed by atoms with Crippen LogP contribution in [0.2, 0.25) is 0 Å². The van der Waals surface area contributed by atoms with E-state index in [0.29, 0.717) is 0 Å². The van der Waals surface area contributed by atoms with Gasteiger partial charge in [-0.1, -0.05) is 18.2 Å². The van der Waals surface area contributed by atoms with Crippen molar-refractivity contribution in [3.05, 3.63) is 29.8 Å². The molecule has 1 amide bonds. The van der Waals surface area contributed by atoms with Crippen molar-refractivity contribution in [1.29, 1.82) is 0 Å². The number of hydrogen-bond donors (Lipinski definition) is 1. The van der Waals surface area contributed by atoms with E-state index in [4.69, 9.17) is 0 Å². The van der Waals surface area contributed by atoms with Gasteiger partial charge in [-0.3, -0.25) is 9.59 Å². The third kappa shape index (κ3) is 2.69. The Labute approximate surface area is 105 Å². The van der Waals surface area contributed by atoms with Gasteiger partial charge in [-0.15, -0.1) is 11.8 Å². The monoisotopic (exact) mass is 249 g/mol. The summed E-state index contributed by atoms with van der Waals surface area (Å²) in [5, 5.41) is 2.64. The maximum Gasteiger partial charge on any atom is 0.234 e.